The third kappa shape index (κ3) is 8.86. The SMILES string of the molecule is Cc1ccc(S(=O)(=O)[N-][C@H](c2ccccc2)[C@H](NCCCC2C=CC=CC2)c2ccccc2)cc1.[CH3-].[Ru+3]. The van der Waals surface area contributed by atoms with Crippen molar-refractivity contribution >= 4 is 10.0 Å². The summed E-state index contributed by atoms with van der Waals surface area (Å²) in [5.41, 5.74) is 2.89. The molecule has 3 aromatic rings. The zero-order chi connectivity index (χ0) is 24.5. The summed E-state index contributed by atoms with van der Waals surface area (Å²) >= 11 is 0. The number of aryl methyl sites for hydroxylation is 1. The Bertz CT molecular complexity index is 1230. The van der Waals surface area contributed by atoms with Crippen LogP contribution in [0.4, 0.5) is 0 Å². The fraction of sp³-hybridized carbons (Fsp3) is 0.258. The summed E-state index contributed by atoms with van der Waals surface area (Å²) in [7, 11) is -3.86. The van der Waals surface area contributed by atoms with E-state index in [2.05, 4.69) is 34.3 Å². The van der Waals surface area contributed by atoms with Gasteiger partial charge in [-0.05, 0) is 56.3 Å². The van der Waals surface area contributed by atoms with Crippen LogP contribution >= 0.6 is 0 Å². The van der Waals surface area contributed by atoms with Gasteiger partial charge in [0.2, 0.25) is 0 Å². The monoisotopic (exact) mass is 602 g/mol. The van der Waals surface area contributed by atoms with Gasteiger partial charge in [-0.2, -0.15) is 0 Å². The predicted molar refractivity (Wildman–Crippen MR) is 150 cm³/mol. The van der Waals surface area contributed by atoms with Crippen LogP contribution in [0.25, 0.3) is 4.72 Å². The van der Waals surface area contributed by atoms with Crippen molar-refractivity contribution < 1.29 is 27.9 Å². The van der Waals surface area contributed by atoms with E-state index in [1.807, 2.05) is 79.7 Å². The molecule has 0 aromatic heterocycles. The molecule has 1 aliphatic carbocycles. The van der Waals surface area contributed by atoms with E-state index in [1.54, 1.807) is 12.1 Å². The van der Waals surface area contributed by atoms with E-state index < -0.39 is 16.1 Å². The second kappa shape index (κ2) is 15.1. The standard InChI is InChI=1S/C30H33N2O2S.CH3.Ru/c1-24-19-21-28(22-20-24)35(33,34)32-30(27-17-9-4-10-18-27)29(26-15-7-3-8-16-26)31-23-11-14-25-12-5-2-6-13-25;;/h2-10,12,15-22,25,29-31H,11,13-14,23H2,1H3;1H3;/q2*-1;+3/t25?,29-,30-;;/m1../s1. The van der Waals surface area contributed by atoms with Crippen molar-refractivity contribution in [1.82, 2.24) is 5.32 Å². The third-order valence-electron chi connectivity index (χ3n) is 6.37. The predicted octanol–water partition coefficient (Wildman–Crippen LogP) is 7.49. The van der Waals surface area contributed by atoms with E-state index in [-0.39, 0.29) is 37.8 Å². The van der Waals surface area contributed by atoms with E-state index in [4.69, 9.17) is 0 Å². The second-order valence-electron chi connectivity index (χ2n) is 9.04. The molecular weight excluding hydrogens is 565 g/mol. The van der Waals surface area contributed by atoms with Gasteiger partial charge in [0.1, 0.15) is 10.0 Å². The molecule has 0 saturated carbocycles. The Morgan fingerprint density at radius 3 is 2.11 bits per heavy atom. The molecular formula is C31H36N2O2RuS+. The van der Waals surface area contributed by atoms with Crippen molar-refractivity contribution in [2.75, 3.05) is 6.54 Å². The van der Waals surface area contributed by atoms with Crippen LogP contribution in [-0.2, 0) is 29.5 Å². The van der Waals surface area contributed by atoms with Crippen LogP contribution in [0.3, 0.4) is 0 Å². The molecule has 1 unspecified atom stereocenters. The molecule has 0 aliphatic heterocycles. The third-order valence-corrected chi connectivity index (χ3v) is 7.74. The molecule has 3 atom stereocenters. The van der Waals surface area contributed by atoms with Gasteiger partial charge in [0.25, 0.3) is 0 Å². The first-order chi connectivity index (χ1) is 17.0. The maximum absolute atomic E-state index is 13.4. The van der Waals surface area contributed by atoms with Crippen molar-refractivity contribution in [2.45, 2.75) is 43.2 Å². The largest absolute Gasteiger partial charge is 3.00 e. The summed E-state index contributed by atoms with van der Waals surface area (Å²) in [6.07, 6.45) is 11.9. The molecule has 0 saturated heterocycles. The molecule has 0 bridgehead atoms. The Morgan fingerprint density at radius 2 is 1.51 bits per heavy atom. The van der Waals surface area contributed by atoms with Gasteiger partial charge in [-0.15, -0.1) is 0 Å². The Labute approximate surface area is 236 Å². The molecule has 3 aromatic carbocycles. The van der Waals surface area contributed by atoms with E-state index in [0.29, 0.717) is 5.92 Å². The van der Waals surface area contributed by atoms with Gasteiger partial charge in [0.15, 0.2) is 0 Å². The smallest absolute Gasteiger partial charge is 0.537 e. The van der Waals surface area contributed by atoms with Gasteiger partial charge >= 0.3 is 19.5 Å². The van der Waals surface area contributed by atoms with Gasteiger partial charge in [0.05, 0.1) is 0 Å². The Balaban J connectivity index is 0.00000241. The maximum Gasteiger partial charge on any atom is 3.00 e. The summed E-state index contributed by atoms with van der Waals surface area (Å²) in [5, 5.41) is 3.66. The number of hydrogen-bond acceptors (Lipinski definition) is 3. The van der Waals surface area contributed by atoms with Crippen LogP contribution in [0, 0.1) is 20.3 Å². The van der Waals surface area contributed by atoms with Crippen LogP contribution in [0.2, 0.25) is 0 Å². The molecule has 0 spiro atoms. The Kier molecular flexibility index (Phi) is 12.6. The number of nitrogens with one attached hydrogen (secondary N) is 1. The van der Waals surface area contributed by atoms with Gasteiger partial charge < -0.3 is 17.5 Å². The maximum atomic E-state index is 13.4. The molecule has 195 valence electrons. The minimum Gasteiger partial charge on any atom is -0.537 e. The molecule has 4 rings (SSSR count). The van der Waals surface area contributed by atoms with Gasteiger partial charge in [0, 0.05) is 10.9 Å². The van der Waals surface area contributed by atoms with Crippen LogP contribution < -0.4 is 5.32 Å². The average Bonchev–Trinajstić information content (AvgIpc) is 2.89. The minimum atomic E-state index is -3.86. The van der Waals surface area contributed by atoms with Crippen molar-refractivity contribution in [2.24, 2.45) is 5.92 Å². The van der Waals surface area contributed by atoms with Crippen molar-refractivity contribution in [3.8, 4) is 0 Å². The molecule has 1 radical (unpaired) electrons. The van der Waals surface area contributed by atoms with Gasteiger partial charge in [-0.25, -0.2) is 8.42 Å². The number of allylic oxidation sites excluding steroid dienone is 4. The topological polar surface area (TPSA) is 60.3 Å². The Morgan fingerprint density at radius 1 is 0.892 bits per heavy atom. The molecule has 6 heteroatoms. The zero-order valence-electron chi connectivity index (χ0n) is 21.5. The first-order valence-electron chi connectivity index (χ1n) is 12.2. The average molecular weight is 602 g/mol. The van der Waals surface area contributed by atoms with Gasteiger partial charge in [-0.1, -0.05) is 114 Å². The van der Waals surface area contributed by atoms with Gasteiger partial charge in [-0.3, -0.25) is 0 Å². The zero-order valence-corrected chi connectivity index (χ0v) is 24.0. The number of hydrogen-bond donors (Lipinski definition) is 1. The molecule has 0 fully saturated rings. The fourth-order valence-corrected chi connectivity index (χ4v) is 5.57. The second-order valence-corrected chi connectivity index (χ2v) is 10.7. The van der Waals surface area contributed by atoms with Crippen LogP contribution in [0.15, 0.2) is 114 Å². The summed E-state index contributed by atoms with van der Waals surface area (Å²) in [6, 6.07) is 25.7. The van der Waals surface area contributed by atoms with Crippen LogP contribution in [0.5, 0.6) is 0 Å². The summed E-state index contributed by atoms with van der Waals surface area (Å²) in [4.78, 5) is 0.216. The summed E-state index contributed by atoms with van der Waals surface area (Å²) in [5.74, 6) is 0.563. The number of sulfonamides is 1. The van der Waals surface area contributed by atoms with E-state index in [1.165, 1.54) is 0 Å². The molecule has 37 heavy (non-hydrogen) atoms. The fourth-order valence-electron chi connectivity index (χ4n) is 4.42. The quantitative estimate of drug-likeness (QED) is 0.141. The number of nitrogens with zero attached hydrogens (tertiary/aromatic N) is 1. The van der Waals surface area contributed by atoms with Crippen LogP contribution in [0.1, 0.15) is 48.0 Å². The number of rotatable bonds is 11. The molecule has 1 N–H and O–H groups in total. The normalized spacial score (nSPS) is 16.3. The molecule has 1 aliphatic rings. The van der Waals surface area contributed by atoms with Crippen molar-refractivity contribution in [1.29, 1.82) is 0 Å². The van der Waals surface area contributed by atoms with E-state index in [0.717, 1.165) is 42.5 Å². The number of benzene rings is 3. The molecule has 0 amide bonds. The van der Waals surface area contributed by atoms with E-state index in [9.17, 15) is 8.42 Å². The molecule has 4 nitrogen and oxygen atoms in total. The van der Waals surface area contributed by atoms with Crippen LogP contribution in [-0.4, -0.2) is 15.0 Å². The molecule has 0 heterocycles. The minimum absolute atomic E-state index is 0. The van der Waals surface area contributed by atoms with Crippen molar-refractivity contribution in [3.63, 3.8) is 0 Å². The first-order valence-corrected chi connectivity index (χ1v) is 13.7. The van der Waals surface area contributed by atoms with E-state index >= 15 is 0 Å². The Hall–Kier alpha value is -2.37. The summed E-state index contributed by atoms with van der Waals surface area (Å²) < 4.78 is 31.3. The van der Waals surface area contributed by atoms with Crippen molar-refractivity contribution in [3.05, 3.63) is 138 Å². The summed E-state index contributed by atoms with van der Waals surface area (Å²) in [6.45, 7) is 2.71. The first kappa shape index (κ1) is 30.9.